The molecule has 8 aromatic rings. The Morgan fingerprint density at radius 2 is 0.802 bits per heavy atom. The molecule has 1 aliphatic carbocycles. The van der Waals surface area contributed by atoms with Gasteiger partial charge in [-0.2, -0.15) is 0 Å². The Bertz CT molecular complexity index is 4580. The maximum Gasteiger partial charge on any atom is 0.255 e. The van der Waals surface area contributed by atoms with E-state index in [1.807, 2.05) is 36.4 Å². The average Bonchev–Trinajstić information content (AvgIpc) is 1.83. The Kier molecular flexibility index (Phi) is 19.1. The van der Waals surface area contributed by atoms with Gasteiger partial charge >= 0.3 is 0 Å². The van der Waals surface area contributed by atoms with Crippen molar-refractivity contribution in [3.05, 3.63) is 309 Å². The van der Waals surface area contributed by atoms with Gasteiger partial charge in [0.2, 0.25) is 0 Å². The summed E-state index contributed by atoms with van der Waals surface area (Å²) < 4.78 is 0. The number of aromatic nitrogens is 4. The highest BCUT2D eigenvalue weighted by Gasteiger charge is 2.27. The molecule has 0 saturated carbocycles. The first-order chi connectivity index (χ1) is 44.0. The summed E-state index contributed by atoms with van der Waals surface area (Å²) in [6.07, 6.45) is 42.1. The SMILES string of the molecule is CC1=C(/C=C/C(C)=C/C=C/C(C)=C/C=C/C=C(C)/C=C/C=C(C)/C=C/c2ccc(C(=O)Nc3ccc(-c4c5nc(c(-c6ccc(C)cc6)c6ccc([nH]6)c(-c6ccc(C)cc6)c6nc(c(-c7ccc(C)cc7)c7ccc4[nH]7)C=C6)C=C5)cc3)cc2)C(C)(C)CCC1. The first-order valence-electron chi connectivity index (χ1n) is 31.7. The first-order valence-corrected chi connectivity index (χ1v) is 31.7. The second-order valence-electron chi connectivity index (χ2n) is 25.1. The number of rotatable bonds is 16. The number of anilines is 1. The quantitative estimate of drug-likeness (QED) is 0.0843. The van der Waals surface area contributed by atoms with E-state index in [9.17, 15) is 4.79 Å². The van der Waals surface area contributed by atoms with Crippen molar-refractivity contribution in [2.24, 2.45) is 5.41 Å². The highest BCUT2D eigenvalue weighted by molar-refractivity contribution is 6.05. The normalized spacial score (nSPS) is 14.8. The fourth-order valence-electron chi connectivity index (χ4n) is 12.0. The number of amides is 1. The number of carbonyl (C=O) groups is 1. The summed E-state index contributed by atoms with van der Waals surface area (Å²) in [7, 11) is 0. The number of fused-ring (bicyclic) bond motifs is 8. The van der Waals surface area contributed by atoms with Crippen LogP contribution in [0.5, 0.6) is 0 Å². The van der Waals surface area contributed by atoms with Gasteiger partial charge in [0.1, 0.15) is 0 Å². The van der Waals surface area contributed by atoms with Gasteiger partial charge in [0.15, 0.2) is 0 Å². The molecular weight excluding hydrogens is 1110 g/mol. The number of allylic oxidation sites excluding steroid dienone is 19. The maximum absolute atomic E-state index is 13.8. The molecule has 5 heterocycles. The minimum Gasteiger partial charge on any atom is -0.354 e. The van der Waals surface area contributed by atoms with E-state index in [2.05, 4.69) is 303 Å². The Labute approximate surface area is 538 Å². The van der Waals surface area contributed by atoms with Crippen molar-refractivity contribution in [2.45, 2.75) is 88.5 Å². The maximum atomic E-state index is 13.8. The van der Waals surface area contributed by atoms with E-state index in [4.69, 9.17) is 9.97 Å². The molecule has 91 heavy (non-hydrogen) atoms. The molecule has 0 unspecified atom stereocenters. The lowest BCUT2D eigenvalue weighted by Gasteiger charge is -2.32. The Hall–Kier alpha value is -10.4. The predicted octanol–water partition coefficient (Wildman–Crippen LogP) is 23.1. The third-order valence-electron chi connectivity index (χ3n) is 17.2. The van der Waals surface area contributed by atoms with Crippen LogP contribution in [-0.4, -0.2) is 25.8 Å². The largest absolute Gasteiger partial charge is 0.354 e. The van der Waals surface area contributed by atoms with Gasteiger partial charge in [0, 0.05) is 55.6 Å². The van der Waals surface area contributed by atoms with Crippen LogP contribution in [0, 0.1) is 26.2 Å². The van der Waals surface area contributed by atoms with Crippen LogP contribution in [0.1, 0.15) is 123 Å². The van der Waals surface area contributed by atoms with E-state index in [1.54, 1.807) is 0 Å². The predicted molar refractivity (Wildman–Crippen MR) is 390 cm³/mol. The summed E-state index contributed by atoms with van der Waals surface area (Å²) in [5.41, 5.74) is 28.9. The summed E-state index contributed by atoms with van der Waals surface area (Å²) in [6.45, 7) is 21.8. The van der Waals surface area contributed by atoms with E-state index in [-0.39, 0.29) is 11.3 Å². The summed E-state index contributed by atoms with van der Waals surface area (Å²) in [5.74, 6) is -0.188. The van der Waals surface area contributed by atoms with Crippen LogP contribution < -0.4 is 5.32 Å². The topological polar surface area (TPSA) is 86.5 Å². The van der Waals surface area contributed by atoms with Crippen LogP contribution in [-0.2, 0) is 0 Å². The summed E-state index contributed by atoms with van der Waals surface area (Å²) in [5, 5.41) is 3.15. The molecule has 0 fully saturated rings. The zero-order valence-electron chi connectivity index (χ0n) is 54.2. The van der Waals surface area contributed by atoms with Crippen molar-refractivity contribution in [3.8, 4) is 44.5 Å². The molecule has 5 aromatic carbocycles. The van der Waals surface area contributed by atoms with Crippen molar-refractivity contribution in [1.29, 1.82) is 0 Å². The molecule has 11 rings (SSSR count). The van der Waals surface area contributed by atoms with Crippen LogP contribution in [0.4, 0.5) is 5.69 Å². The lowest BCUT2D eigenvalue weighted by atomic mass is 9.72. The molecule has 6 nitrogen and oxygen atoms in total. The molecule has 0 saturated heterocycles. The number of H-pyrrole nitrogens is 2. The Morgan fingerprint density at radius 3 is 1.20 bits per heavy atom. The molecular formula is C85H81N5O. The third-order valence-corrected chi connectivity index (χ3v) is 17.2. The van der Waals surface area contributed by atoms with Gasteiger partial charge in [-0.25, -0.2) is 9.97 Å². The van der Waals surface area contributed by atoms with Crippen molar-refractivity contribution in [2.75, 3.05) is 5.32 Å². The van der Waals surface area contributed by atoms with Gasteiger partial charge in [-0.15, -0.1) is 0 Å². The van der Waals surface area contributed by atoms with Gasteiger partial charge in [-0.3, -0.25) is 4.79 Å². The molecule has 2 aliphatic heterocycles. The number of aromatic amines is 2. The van der Waals surface area contributed by atoms with Crippen LogP contribution in [0.15, 0.2) is 258 Å². The minimum absolute atomic E-state index is 0.188. The van der Waals surface area contributed by atoms with Crippen LogP contribution in [0.2, 0.25) is 0 Å². The van der Waals surface area contributed by atoms with Crippen LogP contribution in [0.25, 0.3) is 97.0 Å². The number of hydrogen-bond donors (Lipinski definition) is 3. The Morgan fingerprint density at radius 1 is 0.440 bits per heavy atom. The van der Waals surface area contributed by atoms with Gasteiger partial charge in [-0.05, 0) is 186 Å². The van der Waals surface area contributed by atoms with Crippen molar-refractivity contribution in [3.63, 3.8) is 0 Å². The number of nitrogens with zero attached hydrogens (tertiary/aromatic N) is 2. The first kappa shape index (κ1) is 62.2. The number of carbonyl (C=O) groups excluding carboxylic acids is 1. The number of hydrogen-bond acceptors (Lipinski definition) is 3. The molecule has 0 atom stereocenters. The molecule has 8 bridgehead atoms. The second-order valence-corrected chi connectivity index (χ2v) is 25.1. The molecule has 3 N–H and O–H groups in total. The monoisotopic (exact) mass is 1190 g/mol. The number of nitrogens with one attached hydrogen (secondary N) is 3. The highest BCUT2D eigenvalue weighted by atomic mass is 16.1. The fourth-order valence-corrected chi connectivity index (χ4v) is 12.0. The smallest absolute Gasteiger partial charge is 0.255 e. The number of benzene rings is 5. The Balaban J connectivity index is 0.811. The van der Waals surface area contributed by atoms with Gasteiger partial charge in [0.05, 0.1) is 22.8 Å². The molecule has 0 spiro atoms. The highest BCUT2D eigenvalue weighted by Crippen LogP contribution is 2.42. The van der Waals surface area contributed by atoms with Gasteiger partial charge in [0.25, 0.3) is 5.91 Å². The van der Waals surface area contributed by atoms with Gasteiger partial charge < -0.3 is 15.3 Å². The summed E-state index contributed by atoms with van der Waals surface area (Å²) in [6, 6.07) is 50.3. The van der Waals surface area contributed by atoms with E-state index >= 15 is 0 Å². The molecule has 0 radical (unpaired) electrons. The van der Waals surface area contributed by atoms with Gasteiger partial charge in [-0.1, -0.05) is 241 Å². The van der Waals surface area contributed by atoms with Crippen LogP contribution >= 0.6 is 0 Å². The standard InChI is InChI=1S/C85H81N5O/c1-56(16-11-12-17-57(2)19-14-21-59(4)30-46-71-63(8)22-15-55-85(71,9)10)18-13-20-58(3)23-31-64-32-40-69(41-33-64)84(91)86-70-44-42-68(43-45-70)83-78-53-51-76(89-78)81(66-36-26-61(6)27-37-66)74-49-47-72(87-74)80(65-34-24-60(5)25-35-65)73-48-50-75(88-73)82(77-52-54-79(83)90-77)67-38-28-62(7)29-39-67/h11-14,16-21,23-54,87,90H,15,22,55H2,1-10H3,(H,86,91)/b12-11+,18-13+,19-14+,31-23+,46-30+,56-16+,57-17+,58-20+,59-21+,80-72?,80-73?,81-74?,81-76?,82-75?,82-77?,83-78?,83-79?. The fraction of sp³-hybridized carbons (Fsp3) is 0.165. The molecule has 1 amide bonds. The van der Waals surface area contributed by atoms with Crippen molar-refractivity contribution >= 4 is 64.0 Å². The van der Waals surface area contributed by atoms with Crippen molar-refractivity contribution < 1.29 is 4.79 Å². The molecule has 6 heteroatoms. The molecule has 452 valence electrons. The van der Waals surface area contributed by atoms with E-state index < -0.39 is 0 Å². The average molecular weight is 1190 g/mol. The lowest BCUT2D eigenvalue weighted by molar-refractivity contribution is 0.102. The van der Waals surface area contributed by atoms with E-state index in [0.717, 1.165) is 106 Å². The molecule has 3 aliphatic rings. The lowest BCUT2D eigenvalue weighted by Crippen LogP contribution is -2.19. The van der Waals surface area contributed by atoms with E-state index in [1.165, 1.54) is 58.2 Å². The molecule has 3 aromatic heterocycles. The summed E-state index contributed by atoms with van der Waals surface area (Å²) in [4.78, 5) is 32.5. The zero-order valence-corrected chi connectivity index (χ0v) is 54.2. The van der Waals surface area contributed by atoms with Crippen molar-refractivity contribution in [1.82, 2.24) is 19.9 Å². The van der Waals surface area contributed by atoms with E-state index in [0.29, 0.717) is 11.3 Å². The second kappa shape index (κ2) is 27.9. The summed E-state index contributed by atoms with van der Waals surface area (Å²) >= 11 is 0. The zero-order chi connectivity index (χ0) is 63.6. The minimum atomic E-state index is -0.188. The van der Waals surface area contributed by atoms with Crippen LogP contribution in [0.3, 0.4) is 0 Å². The number of aryl methyl sites for hydroxylation is 3. The third kappa shape index (κ3) is 15.2.